The molecule has 1 aliphatic heterocycles. The van der Waals surface area contributed by atoms with E-state index >= 15 is 0 Å². The number of likely N-dealkylation sites (tertiary alicyclic amines) is 1. The number of hydrogen-bond donors (Lipinski definition) is 1. The van der Waals surface area contributed by atoms with Crippen molar-refractivity contribution in [2.75, 3.05) is 13.1 Å². The second kappa shape index (κ2) is 5.75. The Morgan fingerprint density at radius 3 is 3.05 bits per heavy atom. The van der Waals surface area contributed by atoms with E-state index in [4.69, 9.17) is 5.26 Å². The first kappa shape index (κ1) is 14.5. The first-order chi connectivity index (χ1) is 10.1. The molecule has 1 saturated heterocycles. The van der Waals surface area contributed by atoms with Crippen LogP contribution in [0.2, 0.25) is 0 Å². The lowest BCUT2D eigenvalue weighted by Crippen LogP contribution is -2.53. The molecule has 2 unspecified atom stereocenters. The van der Waals surface area contributed by atoms with Crippen LogP contribution in [0.1, 0.15) is 43.2 Å². The van der Waals surface area contributed by atoms with Crippen LogP contribution in [0.25, 0.3) is 0 Å². The Kier molecular flexibility index (Phi) is 3.97. The topological polar surface area (TPSA) is 47.3 Å². The molecule has 0 aromatic heterocycles. The number of aliphatic hydroxyl groups is 1. The van der Waals surface area contributed by atoms with Crippen molar-refractivity contribution in [2.45, 2.75) is 44.2 Å². The van der Waals surface area contributed by atoms with Gasteiger partial charge in [0.25, 0.3) is 0 Å². The quantitative estimate of drug-likeness (QED) is 0.910. The monoisotopic (exact) mass is 288 g/mol. The molecule has 2 atom stereocenters. The van der Waals surface area contributed by atoms with Crippen LogP contribution >= 0.6 is 0 Å². The molecular formula is C17H21FN2O. The number of nitrogens with zero attached hydrogens (tertiary/aromatic N) is 2. The Labute approximate surface area is 125 Å². The Balaban J connectivity index is 1.71. The zero-order chi connectivity index (χ0) is 14.9. The molecule has 0 spiro atoms. The summed E-state index contributed by atoms with van der Waals surface area (Å²) in [5, 5.41) is 19.6. The lowest BCUT2D eigenvalue weighted by Gasteiger charge is -2.47. The first-order valence-corrected chi connectivity index (χ1v) is 7.74. The normalized spacial score (nSPS) is 29.7. The van der Waals surface area contributed by atoms with E-state index in [1.165, 1.54) is 18.6 Å². The maximum atomic E-state index is 13.9. The van der Waals surface area contributed by atoms with Crippen LogP contribution in [0.15, 0.2) is 18.2 Å². The van der Waals surface area contributed by atoms with Crippen LogP contribution in [-0.4, -0.2) is 28.7 Å². The molecule has 4 heteroatoms. The number of rotatable bonds is 2. The molecule has 2 aliphatic rings. The van der Waals surface area contributed by atoms with Crippen LogP contribution in [0.5, 0.6) is 0 Å². The standard InChI is InChI=1S/C17H21FN2O/c18-16-5-4-13(10-19)9-14(16)11-20-8-7-17(21)6-2-1-3-15(17)12-20/h4-5,9,15,21H,1-3,6-8,11-12H2. The predicted octanol–water partition coefficient (Wildman–Crippen LogP) is 2.82. The number of halogens is 1. The summed E-state index contributed by atoms with van der Waals surface area (Å²) in [4.78, 5) is 2.21. The van der Waals surface area contributed by atoms with Gasteiger partial charge in [-0.1, -0.05) is 12.8 Å². The molecule has 1 aromatic carbocycles. The molecule has 3 nitrogen and oxygen atoms in total. The molecule has 1 N–H and O–H groups in total. The summed E-state index contributed by atoms with van der Waals surface area (Å²) in [5.41, 5.74) is 0.579. The average molecular weight is 288 g/mol. The highest BCUT2D eigenvalue weighted by molar-refractivity contribution is 5.33. The maximum Gasteiger partial charge on any atom is 0.127 e. The maximum absolute atomic E-state index is 13.9. The Bertz CT molecular complexity index is 568. The zero-order valence-electron chi connectivity index (χ0n) is 12.2. The number of piperidine rings is 1. The van der Waals surface area contributed by atoms with E-state index in [0.717, 1.165) is 38.8 Å². The number of fused-ring (bicyclic) bond motifs is 1. The highest BCUT2D eigenvalue weighted by Gasteiger charge is 2.42. The van der Waals surface area contributed by atoms with Crippen LogP contribution in [0, 0.1) is 23.1 Å². The van der Waals surface area contributed by atoms with Crippen LogP contribution in [0.3, 0.4) is 0 Å². The van der Waals surface area contributed by atoms with Gasteiger partial charge < -0.3 is 5.11 Å². The number of hydrogen-bond acceptors (Lipinski definition) is 3. The van der Waals surface area contributed by atoms with Gasteiger partial charge in [-0.2, -0.15) is 5.26 Å². The van der Waals surface area contributed by atoms with E-state index < -0.39 is 5.60 Å². The molecule has 0 amide bonds. The van der Waals surface area contributed by atoms with E-state index in [-0.39, 0.29) is 5.82 Å². The van der Waals surface area contributed by atoms with Gasteiger partial charge in [-0.25, -0.2) is 4.39 Å². The summed E-state index contributed by atoms with van der Waals surface area (Å²) in [7, 11) is 0. The van der Waals surface area contributed by atoms with Crippen molar-refractivity contribution in [2.24, 2.45) is 5.92 Å². The van der Waals surface area contributed by atoms with Gasteiger partial charge in [0.05, 0.1) is 17.2 Å². The van der Waals surface area contributed by atoms with E-state index in [2.05, 4.69) is 11.0 Å². The van der Waals surface area contributed by atoms with E-state index in [1.807, 2.05) is 0 Å². The third-order valence-electron chi connectivity index (χ3n) is 5.08. The van der Waals surface area contributed by atoms with Gasteiger partial charge in [-0.15, -0.1) is 0 Å². The van der Waals surface area contributed by atoms with Gasteiger partial charge in [-0.05, 0) is 37.5 Å². The molecule has 21 heavy (non-hydrogen) atoms. The minimum atomic E-state index is -0.498. The zero-order valence-corrected chi connectivity index (χ0v) is 12.2. The molecule has 2 fully saturated rings. The predicted molar refractivity (Wildman–Crippen MR) is 77.9 cm³/mol. The van der Waals surface area contributed by atoms with Crippen molar-refractivity contribution < 1.29 is 9.50 Å². The average Bonchev–Trinajstić information content (AvgIpc) is 2.49. The molecule has 1 saturated carbocycles. The number of nitriles is 1. The van der Waals surface area contributed by atoms with Gasteiger partial charge in [0.15, 0.2) is 0 Å². The fourth-order valence-corrected chi connectivity index (χ4v) is 3.79. The third-order valence-corrected chi connectivity index (χ3v) is 5.08. The molecular weight excluding hydrogens is 267 g/mol. The van der Waals surface area contributed by atoms with Gasteiger partial charge in [0.2, 0.25) is 0 Å². The first-order valence-electron chi connectivity index (χ1n) is 7.74. The highest BCUT2D eigenvalue weighted by atomic mass is 19.1. The van der Waals surface area contributed by atoms with E-state index in [0.29, 0.717) is 23.6 Å². The summed E-state index contributed by atoms with van der Waals surface area (Å²) in [5.74, 6) is 0.0562. The summed E-state index contributed by atoms with van der Waals surface area (Å²) in [6, 6.07) is 6.57. The Hall–Kier alpha value is -1.44. The van der Waals surface area contributed by atoms with Gasteiger partial charge >= 0.3 is 0 Å². The van der Waals surface area contributed by atoms with E-state index in [9.17, 15) is 9.50 Å². The molecule has 1 heterocycles. The van der Waals surface area contributed by atoms with Crippen molar-refractivity contribution in [1.82, 2.24) is 4.90 Å². The van der Waals surface area contributed by atoms with Crippen LogP contribution < -0.4 is 0 Å². The Morgan fingerprint density at radius 1 is 1.38 bits per heavy atom. The van der Waals surface area contributed by atoms with E-state index in [1.54, 1.807) is 6.07 Å². The van der Waals surface area contributed by atoms with Crippen LogP contribution in [-0.2, 0) is 6.54 Å². The molecule has 112 valence electrons. The molecule has 3 rings (SSSR count). The van der Waals surface area contributed by atoms with Crippen molar-refractivity contribution in [3.63, 3.8) is 0 Å². The molecule has 1 aliphatic carbocycles. The van der Waals surface area contributed by atoms with Crippen molar-refractivity contribution in [1.29, 1.82) is 5.26 Å². The lowest BCUT2D eigenvalue weighted by atomic mass is 9.71. The van der Waals surface area contributed by atoms with Crippen molar-refractivity contribution >= 4 is 0 Å². The summed E-state index contributed by atoms with van der Waals surface area (Å²) in [6.07, 6.45) is 5.04. The molecule has 0 bridgehead atoms. The lowest BCUT2D eigenvalue weighted by molar-refractivity contribution is -0.0968. The highest BCUT2D eigenvalue weighted by Crippen LogP contribution is 2.40. The minimum absolute atomic E-state index is 0.251. The summed E-state index contributed by atoms with van der Waals surface area (Å²) < 4.78 is 13.9. The SMILES string of the molecule is N#Cc1ccc(F)c(CN2CCC3(O)CCCCC3C2)c1. The third kappa shape index (κ3) is 2.95. The fourth-order valence-electron chi connectivity index (χ4n) is 3.79. The fraction of sp³-hybridized carbons (Fsp3) is 0.588. The van der Waals surface area contributed by atoms with Gasteiger partial charge in [0, 0.05) is 31.1 Å². The molecule has 1 aromatic rings. The van der Waals surface area contributed by atoms with Crippen molar-refractivity contribution in [3.8, 4) is 6.07 Å². The van der Waals surface area contributed by atoms with Gasteiger partial charge in [-0.3, -0.25) is 4.90 Å². The largest absolute Gasteiger partial charge is 0.390 e. The second-order valence-corrected chi connectivity index (χ2v) is 6.45. The molecule has 0 radical (unpaired) electrons. The Morgan fingerprint density at radius 2 is 2.24 bits per heavy atom. The smallest absolute Gasteiger partial charge is 0.127 e. The minimum Gasteiger partial charge on any atom is -0.390 e. The summed E-state index contributed by atoms with van der Waals surface area (Å²) in [6.45, 7) is 2.14. The summed E-state index contributed by atoms with van der Waals surface area (Å²) >= 11 is 0. The van der Waals surface area contributed by atoms with Crippen molar-refractivity contribution in [3.05, 3.63) is 35.1 Å². The van der Waals surface area contributed by atoms with Gasteiger partial charge in [0.1, 0.15) is 5.82 Å². The number of benzene rings is 1. The second-order valence-electron chi connectivity index (χ2n) is 6.45. The van der Waals surface area contributed by atoms with Crippen LogP contribution in [0.4, 0.5) is 4.39 Å².